The highest BCUT2D eigenvalue weighted by atomic mass is 16.5. The number of anilines is 2. The second-order valence-electron chi connectivity index (χ2n) is 4.84. The molecular formula is C17H18N2O4. The van der Waals surface area contributed by atoms with Gasteiger partial charge < -0.3 is 20.5 Å². The van der Waals surface area contributed by atoms with E-state index in [9.17, 15) is 9.59 Å². The Hall–Kier alpha value is -3.02. The topological polar surface area (TPSA) is 90.7 Å². The van der Waals surface area contributed by atoms with Gasteiger partial charge >= 0.3 is 0 Å². The first-order valence-corrected chi connectivity index (χ1v) is 6.94. The fraction of sp³-hybridized carbons (Fsp3) is 0.176. The largest absolute Gasteiger partial charge is 0.497 e. The molecule has 0 unspecified atom stereocenters. The van der Waals surface area contributed by atoms with Crippen molar-refractivity contribution in [2.45, 2.75) is 6.42 Å². The maximum atomic E-state index is 12.1. The van der Waals surface area contributed by atoms with E-state index >= 15 is 0 Å². The lowest BCUT2D eigenvalue weighted by molar-refractivity contribution is -0.115. The van der Waals surface area contributed by atoms with E-state index in [1.54, 1.807) is 49.6 Å². The van der Waals surface area contributed by atoms with Crippen LogP contribution in [0.25, 0.3) is 0 Å². The Morgan fingerprint density at radius 1 is 1.04 bits per heavy atom. The van der Waals surface area contributed by atoms with Gasteiger partial charge in [-0.1, -0.05) is 0 Å². The van der Waals surface area contributed by atoms with Crippen LogP contribution in [0.1, 0.15) is 16.8 Å². The third-order valence-corrected chi connectivity index (χ3v) is 3.23. The highest BCUT2D eigenvalue weighted by Gasteiger charge is 2.14. The Morgan fingerprint density at radius 2 is 1.74 bits per heavy atom. The van der Waals surface area contributed by atoms with E-state index in [0.29, 0.717) is 28.4 Å². The number of rotatable bonds is 6. The fourth-order valence-corrected chi connectivity index (χ4v) is 2.04. The van der Waals surface area contributed by atoms with Crippen molar-refractivity contribution in [1.82, 2.24) is 0 Å². The highest BCUT2D eigenvalue weighted by molar-refractivity contribution is 6.11. The molecule has 0 aliphatic heterocycles. The van der Waals surface area contributed by atoms with Crippen molar-refractivity contribution in [2.75, 3.05) is 25.3 Å². The number of nitrogen functional groups attached to an aromatic ring is 1. The summed E-state index contributed by atoms with van der Waals surface area (Å²) >= 11 is 0. The molecule has 0 atom stereocenters. The van der Waals surface area contributed by atoms with Crippen LogP contribution in [0, 0.1) is 0 Å². The van der Waals surface area contributed by atoms with Crippen LogP contribution in [0.4, 0.5) is 11.4 Å². The first-order chi connectivity index (χ1) is 11.0. The molecule has 0 fully saturated rings. The summed E-state index contributed by atoms with van der Waals surface area (Å²) in [5.41, 5.74) is 7.06. The summed E-state index contributed by atoms with van der Waals surface area (Å²) in [6.45, 7) is 0. The molecule has 0 radical (unpaired) electrons. The summed E-state index contributed by atoms with van der Waals surface area (Å²) in [6.07, 6.45) is -0.274. The molecule has 23 heavy (non-hydrogen) atoms. The molecule has 1 amide bonds. The molecule has 3 N–H and O–H groups in total. The van der Waals surface area contributed by atoms with Gasteiger partial charge in [-0.25, -0.2) is 0 Å². The van der Waals surface area contributed by atoms with Gasteiger partial charge in [0.2, 0.25) is 5.91 Å². The van der Waals surface area contributed by atoms with E-state index in [1.165, 1.54) is 7.11 Å². The number of ketones is 1. The summed E-state index contributed by atoms with van der Waals surface area (Å²) in [5, 5.41) is 2.64. The number of nitrogens with two attached hydrogens (primary N) is 1. The molecule has 6 nitrogen and oxygen atoms in total. The molecule has 0 aliphatic carbocycles. The zero-order chi connectivity index (χ0) is 16.8. The van der Waals surface area contributed by atoms with Gasteiger partial charge in [-0.15, -0.1) is 0 Å². The Labute approximate surface area is 134 Å². The van der Waals surface area contributed by atoms with Crippen molar-refractivity contribution >= 4 is 23.1 Å². The number of carbonyl (C=O) groups is 2. The average molecular weight is 314 g/mol. The van der Waals surface area contributed by atoms with Crippen LogP contribution in [0.2, 0.25) is 0 Å². The monoisotopic (exact) mass is 314 g/mol. The average Bonchev–Trinajstić information content (AvgIpc) is 2.55. The molecule has 0 aliphatic rings. The molecule has 2 rings (SSSR count). The summed E-state index contributed by atoms with van der Waals surface area (Å²) in [4.78, 5) is 24.2. The summed E-state index contributed by atoms with van der Waals surface area (Å²) in [6, 6.07) is 11.5. The number of hydrogen-bond acceptors (Lipinski definition) is 5. The minimum Gasteiger partial charge on any atom is -0.497 e. The lowest BCUT2D eigenvalue weighted by Gasteiger charge is -2.10. The van der Waals surface area contributed by atoms with Crippen LogP contribution < -0.4 is 20.5 Å². The minimum atomic E-state index is -0.435. The van der Waals surface area contributed by atoms with Crippen molar-refractivity contribution < 1.29 is 19.1 Å². The molecule has 120 valence electrons. The molecule has 0 aromatic heterocycles. The van der Waals surface area contributed by atoms with Crippen molar-refractivity contribution in [3.8, 4) is 11.5 Å². The van der Waals surface area contributed by atoms with Crippen molar-refractivity contribution in [2.24, 2.45) is 0 Å². The number of carbonyl (C=O) groups excluding carboxylic acids is 2. The van der Waals surface area contributed by atoms with E-state index in [0.717, 1.165) is 0 Å². The second kappa shape index (κ2) is 7.31. The molecule has 0 spiro atoms. The van der Waals surface area contributed by atoms with Gasteiger partial charge in [0.1, 0.15) is 11.5 Å². The number of Topliss-reactive ketones (excluding diaryl/α,β-unsaturated/α-hetero) is 1. The van der Waals surface area contributed by atoms with Gasteiger partial charge in [0.15, 0.2) is 5.78 Å². The zero-order valence-electron chi connectivity index (χ0n) is 13.0. The number of benzene rings is 2. The smallest absolute Gasteiger partial charge is 0.232 e. The summed E-state index contributed by atoms with van der Waals surface area (Å²) in [5.74, 6) is 0.405. The van der Waals surface area contributed by atoms with Crippen LogP contribution in [0.5, 0.6) is 11.5 Å². The predicted molar refractivity (Wildman–Crippen MR) is 88.0 cm³/mol. The van der Waals surface area contributed by atoms with Gasteiger partial charge in [-0.05, 0) is 42.5 Å². The number of nitrogens with one attached hydrogen (secondary N) is 1. The van der Waals surface area contributed by atoms with Crippen LogP contribution in [0.15, 0.2) is 42.5 Å². The van der Waals surface area contributed by atoms with Gasteiger partial charge in [-0.3, -0.25) is 9.59 Å². The number of ether oxygens (including phenoxy) is 2. The molecule has 0 saturated carbocycles. The zero-order valence-corrected chi connectivity index (χ0v) is 13.0. The van der Waals surface area contributed by atoms with Crippen molar-refractivity contribution in [3.05, 3.63) is 48.0 Å². The molecule has 6 heteroatoms. The molecule has 0 bridgehead atoms. The Balaban J connectivity index is 2.04. The molecule has 0 saturated heterocycles. The van der Waals surface area contributed by atoms with Crippen molar-refractivity contribution in [1.29, 1.82) is 0 Å². The Bertz CT molecular complexity index is 711. The quantitative estimate of drug-likeness (QED) is 0.485. The SMILES string of the molecule is COc1ccc(C(=O)CC(=O)Nc2cc(N)ccc2OC)cc1. The van der Waals surface area contributed by atoms with E-state index in [-0.39, 0.29) is 12.2 Å². The van der Waals surface area contributed by atoms with E-state index in [1.807, 2.05) is 0 Å². The summed E-state index contributed by atoms with van der Waals surface area (Å²) < 4.78 is 10.2. The molecule has 0 heterocycles. The predicted octanol–water partition coefficient (Wildman–Crippen LogP) is 2.50. The number of hydrogen-bond donors (Lipinski definition) is 2. The highest BCUT2D eigenvalue weighted by Crippen LogP contribution is 2.26. The first kappa shape index (κ1) is 16.4. The molecular weight excluding hydrogens is 296 g/mol. The van der Waals surface area contributed by atoms with Crippen molar-refractivity contribution in [3.63, 3.8) is 0 Å². The third-order valence-electron chi connectivity index (χ3n) is 3.23. The lowest BCUT2D eigenvalue weighted by atomic mass is 10.1. The maximum absolute atomic E-state index is 12.1. The molecule has 2 aromatic rings. The van der Waals surface area contributed by atoms with Crippen LogP contribution in [-0.2, 0) is 4.79 Å². The summed E-state index contributed by atoms with van der Waals surface area (Å²) in [7, 11) is 3.03. The van der Waals surface area contributed by atoms with E-state index in [4.69, 9.17) is 15.2 Å². The van der Waals surface area contributed by atoms with Gasteiger partial charge in [0.25, 0.3) is 0 Å². The number of methoxy groups -OCH3 is 2. The van der Waals surface area contributed by atoms with Crippen LogP contribution >= 0.6 is 0 Å². The molecule has 2 aromatic carbocycles. The third kappa shape index (κ3) is 4.23. The van der Waals surface area contributed by atoms with E-state index in [2.05, 4.69) is 5.32 Å². The number of amides is 1. The Kier molecular flexibility index (Phi) is 5.19. The van der Waals surface area contributed by atoms with Gasteiger partial charge in [-0.2, -0.15) is 0 Å². The van der Waals surface area contributed by atoms with Gasteiger partial charge in [0.05, 0.1) is 26.3 Å². The van der Waals surface area contributed by atoms with Gasteiger partial charge in [0, 0.05) is 11.3 Å². The fourth-order valence-electron chi connectivity index (χ4n) is 2.04. The minimum absolute atomic E-state index is 0.274. The second-order valence-corrected chi connectivity index (χ2v) is 4.84. The Morgan fingerprint density at radius 3 is 2.35 bits per heavy atom. The van der Waals surface area contributed by atoms with Crippen LogP contribution in [0.3, 0.4) is 0 Å². The standard InChI is InChI=1S/C17H18N2O4/c1-22-13-6-3-11(4-7-13)15(20)10-17(21)19-14-9-12(18)5-8-16(14)23-2/h3-9H,10,18H2,1-2H3,(H,19,21). The first-order valence-electron chi connectivity index (χ1n) is 6.94. The maximum Gasteiger partial charge on any atom is 0.232 e. The lowest BCUT2D eigenvalue weighted by Crippen LogP contribution is -2.17. The van der Waals surface area contributed by atoms with E-state index < -0.39 is 5.91 Å². The normalized spacial score (nSPS) is 10.0. The van der Waals surface area contributed by atoms with Crippen LogP contribution in [-0.4, -0.2) is 25.9 Å².